The zero-order chi connectivity index (χ0) is 19.8. The maximum Gasteiger partial charge on any atom is 0.338 e. The molecule has 144 valence electrons. The molecule has 0 aliphatic carbocycles. The van der Waals surface area contributed by atoms with E-state index < -0.39 is 24.0 Å². The van der Waals surface area contributed by atoms with Gasteiger partial charge in [0.2, 0.25) is 0 Å². The molecule has 1 aromatic rings. The maximum atomic E-state index is 12.2. The van der Waals surface area contributed by atoms with Gasteiger partial charge in [0.1, 0.15) is 6.61 Å². The highest BCUT2D eigenvalue weighted by molar-refractivity contribution is 5.95. The Morgan fingerprint density at radius 1 is 1.22 bits per heavy atom. The van der Waals surface area contributed by atoms with E-state index in [0.29, 0.717) is 6.42 Å². The molecule has 0 fully saturated rings. The molecule has 7 heteroatoms. The van der Waals surface area contributed by atoms with Gasteiger partial charge in [-0.3, -0.25) is 0 Å². The highest BCUT2D eigenvalue weighted by Gasteiger charge is 2.31. The molecule has 0 radical (unpaired) electrons. The number of esters is 2. The SMILES string of the molecule is CCOC(=O)C1=C(COC(=O)/C=C/c2cccc(C)c2)NC(=O)N[C@@H]1CC. The number of amides is 2. The Morgan fingerprint density at radius 2 is 2.00 bits per heavy atom. The summed E-state index contributed by atoms with van der Waals surface area (Å²) < 4.78 is 10.3. The first-order valence-electron chi connectivity index (χ1n) is 8.83. The number of nitrogens with one attached hydrogen (secondary N) is 2. The number of ether oxygens (including phenoxy) is 2. The van der Waals surface area contributed by atoms with Crippen LogP contribution in [-0.4, -0.2) is 37.2 Å². The zero-order valence-corrected chi connectivity index (χ0v) is 15.7. The molecule has 1 atom stereocenters. The number of benzene rings is 1. The molecule has 0 aromatic heterocycles. The molecular weight excluding hydrogens is 348 g/mol. The van der Waals surface area contributed by atoms with Crippen molar-refractivity contribution < 1.29 is 23.9 Å². The van der Waals surface area contributed by atoms with Gasteiger partial charge in [-0.15, -0.1) is 0 Å². The fourth-order valence-electron chi connectivity index (χ4n) is 2.70. The van der Waals surface area contributed by atoms with Crippen molar-refractivity contribution in [2.45, 2.75) is 33.2 Å². The second kappa shape index (κ2) is 9.56. The Morgan fingerprint density at radius 3 is 2.67 bits per heavy atom. The Bertz CT molecular complexity index is 782. The average Bonchev–Trinajstić information content (AvgIpc) is 2.64. The second-order valence-corrected chi connectivity index (χ2v) is 6.03. The molecule has 0 saturated heterocycles. The molecular formula is C20H24N2O5. The smallest absolute Gasteiger partial charge is 0.338 e. The number of hydrogen-bond donors (Lipinski definition) is 2. The molecule has 1 aromatic carbocycles. The van der Waals surface area contributed by atoms with Gasteiger partial charge in [0.25, 0.3) is 0 Å². The van der Waals surface area contributed by atoms with E-state index in [4.69, 9.17) is 9.47 Å². The van der Waals surface area contributed by atoms with E-state index in [1.165, 1.54) is 6.08 Å². The average molecular weight is 372 g/mol. The third-order valence-electron chi connectivity index (χ3n) is 3.96. The van der Waals surface area contributed by atoms with Gasteiger partial charge in [-0.1, -0.05) is 36.8 Å². The van der Waals surface area contributed by atoms with E-state index in [0.717, 1.165) is 11.1 Å². The van der Waals surface area contributed by atoms with Crippen LogP contribution in [0.5, 0.6) is 0 Å². The predicted molar refractivity (Wildman–Crippen MR) is 101 cm³/mol. The summed E-state index contributed by atoms with van der Waals surface area (Å²) in [5.74, 6) is -1.12. The van der Waals surface area contributed by atoms with Crippen LogP contribution in [0.1, 0.15) is 31.4 Å². The van der Waals surface area contributed by atoms with Gasteiger partial charge in [-0.25, -0.2) is 14.4 Å². The van der Waals surface area contributed by atoms with Crippen molar-refractivity contribution in [3.05, 3.63) is 52.7 Å². The van der Waals surface area contributed by atoms with Crippen molar-refractivity contribution in [2.75, 3.05) is 13.2 Å². The first-order valence-corrected chi connectivity index (χ1v) is 8.83. The lowest BCUT2D eigenvalue weighted by Gasteiger charge is -2.28. The second-order valence-electron chi connectivity index (χ2n) is 6.03. The predicted octanol–water partition coefficient (Wildman–Crippen LogP) is 2.46. The molecule has 7 nitrogen and oxygen atoms in total. The largest absolute Gasteiger partial charge is 0.463 e. The summed E-state index contributed by atoms with van der Waals surface area (Å²) >= 11 is 0. The van der Waals surface area contributed by atoms with Crippen LogP contribution in [0, 0.1) is 6.92 Å². The zero-order valence-electron chi connectivity index (χ0n) is 15.7. The monoisotopic (exact) mass is 372 g/mol. The Kier molecular flexibility index (Phi) is 7.16. The molecule has 27 heavy (non-hydrogen) atoms. The highest BCUT2D eigenvalue weighted by atomic mass is 16.5. The van der Waals surface area contributed by atoms with Crippen LogP contribution in [0.4, 0.5) is 4.79 Å². The maximum absolute atomic E-state index is 12.2. The van der Waals surface area contributed by atoms with E-state index in [9.17, 15) is 14.4 Å². The van der Waals surface area contributed by atoms with Crippen LogP contribution in [-0.2, 0) is 19.1 Å². The topological polar surface area (TPSA) is 93.7 Å². The molecule has 0 unspecified atom stereocenters. The molecule has 0 spiro atoms. The Hall–Kier alpha value is -3.09. The van der Waals surface area contributed by atoms with Gasteiger partial charge < -0.3 is 20.1 Å². The molecule has 2 amide bonds. The van der Waals surface area contributed by atoms with E-state index >= 15 is 0 Å². The van der Waals surface area contributed by atoms with Crippen molar-refractivity contribution in [1.29, 1.82) is 0 Å². The highest BCUT2D eigenvalue weighted by Crippen LogP contribution is 2.17. The number of aryl methyl sites for hydroxylation is 1. The third kappa shape index (κ3) is 5.70. The standard InChI is InChI=1S/C20H24N2O5/c1-4-15-18(19(24)26-5-2)16(22-20(25)21-15)12-27-17(23)10-9-14-8-6-7-13(3)11-14/h6-11,15H,4-5,12H2,1-3H3,(H2,21,22,25)/b10-9+/t15-/m1/s1. The molecule has 0 saturated carbocycles. The summed E-state index contributed by atoms with van der Waals surface area (Å²) in [6.45, 7) is 5.48. The summed E-state index contributed by atoms with van der Waals surface area (Å²) in [5.41, 5.74) is 2.47. The van der Waals surface area contributed by atoms with Crippen molar-refractivity contribution in [3.63, 3.8) is 0 Å². The Labute approximate surface area is 158 Å². The first kappa shape index (κ1) is 20.2. The van der Waals surface area contributed by atoms with Crippen molar-refractivity contribution in [3.8, 4) is 0 Å². The molecule has 1 aliphatic rings. The normalized spacial score (nSPS) is 16.7. The van der Waals surface area contributed by atoms with Crippen molar-refractivity contribution >= 4 is 24.0 Å². The lowest BCUT2D eigenvalue weighted by molar-refractivity contribution is -0.140. The quantitative estimate of drug-likeness (QED) is 0.566. The van der Waals surface area contributed by atoms with Gasteiger partial charge in [0.15, 0.2) is 0 Å². The lowest BCUT2D eigenvalue weighted by Crippen LogP contribution is -2.51. The molecule has 2 rings (SSSR count). The van der Waals surface area contributed by atoms with Crippen molar-refractivity contribution in [1.82, 2.24) is 10.6 Å². The number of hydrogen-bond acceptors (Lipinski definition) is 5. The van der Waals surface area contributed by atoms with E-state index in [1.807, 2.05) is 38.1 Å². The number of carbonyl (C=O) groups is 3. The van der Waals surface area contributed by atoms with E-state index in [-0.39, 0.29) is 24.5 Å². The van der Waals surface area contributed by atoms with Crippen molar-refractivity contribution in [2.24, 2.45) is 0 Å². The number of rotatable bonds is 7. The summed E-state index contributed by atoms with van der Waals surface area (Å²) in [5, 5.41) is 5.20. The summed E-state index contributed by atoms with van der Waals surface area (Å²) in [6.07, 6.45) is 3.46. The fourth-order valence-corrected chi connectivity index (χ4v) is 2.70. The summed E-state index contributed by atoms with van der Waals surface area (Å²) in [7, 11) is 0. The van der Waals surface area contributed by atoms with Gasteiger partial charge in [0, 0.05) is 6.08 Å². The third-order valence-corrected chi connectivity index (χ3v) is 3.96. The number of urea groups is 1. The van der Waals surface area contributed by atoms with E-state index in [1.54, 1.807) is 13.0 Å². The molecule has 0 bridgehead atoms. The van der Waals surface area contributed by atoms with Crippen LogP contribution >= 0.6 is 0 Å². The first-order chi connectivity index (χ1) is 12.9. The van der Waals surface area contributed by atoms with E-state index in [2.05, 4.69) is 10.6 Å². The Balaban J connectivity index is 2.10. The molecule has 1 aliphatic heterocycles. The van der Waals surface area contributed by atoms with Gasteiger partial charge in [-0.2, -0.15) is 0 Å². The number of carbonyl (C=O) groups excluding carboxylic acids is 3. The van der Waals surface area contributed by atoms with Crippen LogP contribution in [0.25, 0.3) is 6.08 Å². The van der Waals surface area contributed by atoms with Crippen LogP contribution in [0.15, 0.2) is 41.6 Å². The summed E-state index contributed by atoms with van der Waals surface area (Å²) in [6, 6.07) is 6.72. The minimum atomic E-state index is -0.576. The molecule has 2 N–H and O–H groups in total. The van der Waals surface area contributed by atoms with Gasteiger partial charge in [0.05, 0.1) is 23.9 Å². The fraction of sp³-hybridized carbons (Fsp3) is 0.350. The van der Waals surface area contributed by atoms with Gasteiger partial charge in [-0.05, 0) is 31.9 Å². The van der Waals surface area contributed by atoms with Crippen LogP contribution in [0.3, 0.4) is 0 Å². The van der Waals surface area contributed by atoms with Crippen LogP contribution < -0.4 is 10.6 Å². The van der Waals surface area contributed by atoms with Gasteiger partial charge >= 0.3 is 18.0 Å². The minimum absolute atomic E-state index is 0.207. The van der Waals surface area contributed by atoms with Crippen LogP contribution in [0.2, 0.25) is 0 Å². The molecule has 1 heterocycles. The minimum Gasteiger partial charge on any atom is -0.463 e. The lowest BCUT2D eigenvalue weighted by atomic mass is 10.0. The summed E-state index contributed by atoms with van der Waals surface area (Å²) in [4.78, 5) is 36.0.